The van der Waals surface area contributed by atoms with E-state index in [1.807, 2.05) is 39.9 Å². The van der Waals surface area contributed by atoms with E-state index < -0.39 is 0 Å². The SMILES string of the molecule is CN1C[C@H]2CN(C(=O)c3ccc(-n4ccnc4)cc3)C[C@H]2[C@@H]1c1ccccc1.Cl.Cl. The van der Waals surface area contributed by atoms with Gasteiger partial charge < -0.3 is 9.47 Å². The first-order valence-electron chi connectivity index (χ1n) is 9.83. The number of fused-ring (bicyclic) bond motifs is 1. The molecule has 2 aliphatic rings. The van der Waals surface area contributed by atoms with Gasteiger partial charge in [-0.15, -0.1) is 24.8 Å². The molecule has 0 spiro atoms. The van der Waals surface area contributed by atoms with Crippen LogP contribution < -0.4 is 0 Å². The average molecular weight is 445 g/mol. The predicted molar refractivity (Wildman–Crippen MR) is 123 cm³/mol. The molecule has 0 bridgehead atoms. The van der Waals surface area contributed by atoms with Crippen molar-refractivity contribution >= 4 is 30.7 Å². The van der Waals surface area contributed by atoms with E-state index in [1.165, 1.54) is 5.56 Å². The molecular formula is C23H26Cl2N4O. The van der Waals surface area contributed by atoms with Crippen LogP contribution in [0.25, 0.3) is 5.69 Å². The van der Waals surface area contributed by atoms with Crippen LogP contribution in [0.2, 0.25) is 0 Å². The van der Waals surface area contributed by atoms with Crippen molar-refractivity contribution in [2.24, 2.45) is 11.8 Å². The summed E-state index contributed by atoms with van der Waals surface area (Å²) >= 11 is 0. The van der Waals surface area contributed by atoms with Gasteiger partial charge in [-0.25, -0.2) is 4.98 Å². The van der Waals surface area contributed by atoms with E-state index in [0.717, 1.165) is 30.9 Å². The molecule has 0 aliphatic carbocycles. The van der Waals surface area contributed by atoms with Gasteiger partial charge in [-0.1, -0.05) is 30.3 Å². The number of carbonyl (C=O) groups is 1. The summed E-state index contributed by atoms with van der Waals surface area (Å²) in [5.74, 6) is 1.19. The third-order valence-corrected chi connectivity index (χ3v) is 6.24. The van der Waals surface area contributed by atoms with Gasteiger partial charge in [0.05, 0.1) is 6.33 Å². The minimum atomic E-state index is 0. The highest BCUT2D eigenvalue weighted by atomic mass is 35.5. The lowest BCUT2D eigenvalue weighted by Crippen LogP contribution is -2.33. The van der Waals surface area contributed by atoms with Crippen LogP contribution in [0, 0.1) is 11.8 Å². The van der Waals surface area contributed by atoms with Crippen molar-refractivity contribution in [3.63, 3.8) is 0 Å². The summed E-state index contributed by atoms with van der Waals surface area (Å²) in [6, 6.07) is 18.9. The summed E-state index contributed by atoms with van der Waals surface area (Å²) < 4.78 is 1.94. The Morgan fingerprint density at radius 1 is 0.967 bits per heavy atom. The molecule has 1 aromatic heterocycles. The van der Waals surface area contributed by atoms with E-state index in [0.29, 0.717) is 17.9 Å². The summed E-state index contributed by atoms with van der Waals surface area (Å²) in [4.78, 5) is 21.7. The molecule has 0 unspecified atom stereocenters. The summed E-state index contributed by atoms with van der Waals surface area (Å²) in [6.45, 7) is 2.73. The van der Waals surface area contributed by atoms with Crippen molar-refractivity contribution in [2.45, 2.75) is 6.04 Å². The second kappa shape index (κ2) is 9.21. The molecule has 7 heteroatoms. The Morgan fingerprint density at radius 2 is 1.70 bits per heavy atom. The molecule has 3 aromatic rings. The second-order valence-electron chi connectivity index (χ2n) is 7.95. The number of imidazole rings is 1. The molecule has 5 rings (SSSR count). The molecule has 2 saturated heterocycles. The van der Waals surface area contributed by atoms with E-state index >= 15 is 0 Å². The van der Waals surface area contributed by atoms with Crippen LogP contribution in [0.3, 0.4) is 0 Å². The van der Waals surface area contributed by atoms with Crippen molar-refractivity contribution in [2.75, 3.05) is 26.7 Å². The van der Waals surface area contributed by atoms with Crippen molar-refractivity contribution < 1.29 is 4.79 Å². The highest BCUT2D eigenvalue weighted by Gasteiger charge is 2.47. The Morgan fingerprint density at radius 3 is 2.37 bits per heavy atom. The van der Waals surface area contributed by atoms with E-state index in [4.69, 9.17) is 0 Å². The summed E-state index contributed by atoms with van der Waals surface area (Å²) in [7, 11) is 2.21. The number of benzene rings is 2. The average Bonchev–Trinajstić information content (AvgIpc) is 3.44. The number of hydrogen-bond acceptors (Lipinski definition) is 3. The Labute approximate surface area is 189 Å². The molecule has 0 N–H and O–H groups in total. The minimum Gasteiger partial charge on any atom is -0.338 e. The standard InChI is InChI=1S/C23H24N4O.2ClH/c1-25-13-19-14-27(15-21(19)22(25)17-5-3-2-4-6-17)23(28)18-7-9-20(10-8-18)26-12-11-24-16-26;;/h2-12,16,19,21-22H,13-15H2,1H3;2*1H/t19-,21+,22-;;/m0../s1. The molecule has 2 aromatic carbocycles. The van der Waals surface area contributed by atoms with Crippen LogP contribution in [-0.2, 0) is 0 Å². The Bertz CT molecular complexity index is 963. The van der Waals surface area contributed by atoms with Crippen LogP contribution in [0.15, 0.2) is 73.3 Å². The van der Waals surface area contributed by atoms with Gasteiger partial charge in [-0.3, -0.25) is 9.69 Å². The predicted octanol–water partition coefficient (Wildman–Crippen LogP) is 4.09. The van der Waals surface area contributed by atoms with Gasteiger partial charge in [-0.05, 0) is 42.8 Å². The molecule has 1 amide bonds. The summed E-state index contributed by atoms with van der Waals surface area (Å²) in [5, 5.41) is 0. The fourth-order valence-electron chi connectivity index (χ4n) is 4.95. The topological polar surface area (TPSA) is 41.4 Å². The van der Waals surface area contributed by atoms with Crippen molar-refractivity contribution in [3.8, 4) is 5.69 Å². The molecule has 2 fully saturated rings. The second-order valence-corrected chi connectivity index (χ2v) is 7.95. The van der Waals surface area contributed by atoms with Crippen molar-refractivity contribution in [3.05, 3.63) is 84.4 Å². The first-order chi connectivity index (χ1) is 13.7. The smallest absolute Gasteiger partial charge is 0.253 e. The van der Waals surface area contributed by atoms with E-state index in [1.54, 1.807) is 12.5 Å². The van der Waals surface area contributed by atoms with E-state index in [-0.39, 0.29) is 30.7 Å². The summed E-state index contributed by atoms with van der Waals surface area (Å²) in [5.41, 5.74) is 3.13. The Kier molecular flexibility index (Phi) is 6.86. The van der Waals surface area contributed by atoms with Gasteiger partial charge in [-0.2, -0.15) is 0 Å². The fourth-order valence-corrected chi connectivity index (χ4v) is 4.95. The quantitative estimate of drug-likeness (QED) is 0.610. The van der Waals surface area contributed by atoms with Gasteiger partial charge in [0.2, 0.25) is 0 Å². The highest BCUT2D eigenvalue weighted by molar-refractivity contribution is 5.94. The zero-order valence-electron chi connectivity index (χ0n) is 16.8. The van der Waals surface area contributed by atoms with Gasteiger partial charge >= 0.3 is 0 Å². The lowest BCUT2D eigenvalue weighted by atomic mass is 9.90. The van der Waals surface area contributed by atoms with Gasteiger partial charge in [0.15, 0.2) is 0 Å². The van der Waals surface area contributed by atoms with Crippen LogP contribution >= 0.6 is 24.8 Å². The van der Waals surface area contributed by atoms with Crippen molar-refractivity contribution in [1.29, 1.82) is 0 Å². The number of carbonyl (C=O) groups excluding carboxylic acids is 1. The van der Waals surface area contributed by atoms with Crippen LogP contribution in [0.1, 0.15) is 22.0 Å². The van der Waals surface area contributed by atoms with Gasteiger partial charge in [0.1, 0.15) is 0 Å². The molecule has 5 nitrogen and oxygen atoms in total. The van der Waals surface area contributed by atoms with Crippen LogP contribution in [-0.4, -0.2) is 51.9 Å². The minimum absolute atomic E-state index is 0. The molecule has 30 heavy (non-hydrogen) atoms. The lowest BCUT2D eigenvalue weighted by molar-refractivity contribution is 0.0768. The van der Waals surface area contributed by atoms with Crippen LogP contribution in [0.4, 0.5) is 0 Å². The number of rotatable bonds is 3. The summed E-state index contributed by atoms with van der Waals surface area (Å²) in [6.07, 6.45) is 5.42. The molecule has 3 atom stereocenters. The zero-order valence-corrected chi connectivity index (χ0v) is 18.4. The Balaban J connectivity index is 0.00000128. The number of likely N-dealkylation sites (tertiary alicyclic amines) is 2. The number of nitrogens with zero attached hydrogens (tertiary/aromatic N) is 4. The molecule has 0 saturated carbocycles. The molecule has 158 valence electrons. The van der Waals surface area contributed by atoms with E-state index in [2.05, 4.69) is 47.3 Å². The molecular weight excluding hydrogens is 419 g/mol. The maximum Gasteiger partial charge on any atom is 0.253 e. The molecule has 0 radical (unpaired) electrons. The first-order valence-corrected chi connectivity index (χ1v) is 9.83. The molecule has 3 heterocycles. The largest absolute Gasteiger partial charge is 0.338 e. The highest BCUT2D eigenvalue weighted by Crippen LogP contribution is 2.44. The number of aromatic nitrogens is 2. The third kappa shape index (κ3) is 3.97. The van der Waals surface area contributed by atoms with Gasteiger partial charge in [0, 0.05) is 55.2 Å². The van der Waals surface area contributed by atoms with Gasteiger partial charge in [0.25, 0.3) is 5.91 Å². The Hall–Kier alpha value is -2.34. The fraction of sp³-hybridized carbons (Fsp3) is 0.304. The molecule has 2 aliphatic heterocycles. The third-order valence-electron chi connectivity index (χ3n) is 6.24. The first kappa shape index (κ1) is 22.3. The number of amides is 1. The van der Waals surface area contributed by atoms with Crippen molar-refractivity contribution in [1.82, 2.24) is 19.4 Å². The maximum absolute atomic E-state index is 13.1. The van der Waals surface area contributed by atoms with Crippen LogP contribution in [0.5, 0.6) is 0 Å². The zero-order chi connectivity index (χ0) is 19.1. The normalized spacial score (nSPS) is 22.8. The lowest BCUT2D eigenvalue weighted by Gasteiger charge is -2.27. The van der Waals surface area contributed by atoms with E-state index in [9.17, 15) is 4.79 Å². The number of hydrogen-bond donors (Lipinski definition) is 0. The number of halogens is 2. The monoisotopic (exact) mass is 444 g/mol. The maximum atomic E-state index is 13.1.